The van der Waals surface area contributed by atoms with Crippen LogP contribution in [-0.4, -0.2) is 36.6 Å². The maximum atomic E-state index is 11.7. The summed E-state index contributed by atoms with van der Waals surface area (Å²) in [6.45, 7) is 7.52. The largest absolute Gasteiger partial charge is 0.494 e. The molecule has 2 aromatic rings. The molecule has 0 saturated heterocycles. The van der Waals surface area contributed by atoms with Crippen LogP contribution in [0.15, 0.2) is 10.9 Å². The van der Waals surface area contributed by atoms with Crippen molar-refractivity contribution in [2.75, 3.05) is 26.7 Å². The Morgan fingerprint density at radius 2 is 1.95 bits per heavy atom. The fraction of sp³-hybridized carbons (Fsp3) is 0.562. The zero-order valence-corrected chi connectivity index (χ0v) is 14.9. The highest BCUT2D eigenvalue weighted by atomic mass is 35.5. The second-order valence-electron chi connectivity index (χ2n) is 5.35. The minimum atomic E-state index is -0.0733. The van der Waals surface area contributed by atoms with E-state index in [1.165, 1.54) is 11.3 Å². The smallest absolute Gasteiger partial charge is 0.305 e. The van der Waals surface area contributed by atoms with Gasteiger partial charge in [-0.25, -0.2) is 0 Å². The van der Waals surface area contributed by atoms with Crippen LogP contribution in [0.5, 0.6) is 5.75 Å². The van der Waals surface area contributed by atoms with Crippen molar-refractivity contribution in [3.8, 4) is 5.75 Å². The first-order valence-electron chi connectivity index (χ1n) is 7.71. The number of H-pyrrole nitrogens is 1. The van der Waals surface area contributed by atoms with Gasteiger partial charge in [0, 0.05) is 17.6 Å². The zero-order chi connectivity index (χ0) is 16.1. The first-order chi connectivity index (χ1) is 10.6. The summed E-state index contributed by atoms with van der Waals surface area (Å²) in [4.78, 5) is 16.9. The molecule has 0 unspecified atom stereocenters. The van der Waals surface area contributed by atoms with Crippen molar-refractivity contribution in [2.24, 2.45) is 0 Å². The third-order valence-electron chi connectivity index (χ3n) is 3.69. The highest BCUT2D eigenvalue weighted by Crippen LogP contribution is 2.34. The highest BCUT2D eigenvalue weighted by molar-refractivity contribution is 7.16. The van der Waals surface area contributed by atoms with E-state index in [2.05, 4.69) is 23.7 Å². The topological polar surface area (TPSA) is 45.3 Å². The van der Waals surface area contributed by atoms with Gasteiger partial charge in [-0.2, -0.15) is 0 Å². The van der Waals surface area contributed by atoms with Crippen LogP contribution in [0.3, 0.4) is 0 Å². The number of benzene rings is 1. The molecule has 0 fully saturated rings. The second-order valence-corrected chi connectivity index (χ2v) is 6.74. The Morgan fingerprint density at radius 1 is 1.27 bits per heavy atom. The summed E-state index contributed by atoms with van der Waals surface area (Å²) in [5, 5.41) is 0.674. The number of rotatable bonds is 8. The molecule has 0 aliphatic rings. The molecule has 1 aromatic carbocycles. The lowest BCUT2D eigenvalue weighted by Crippen LogP contribution is -2.27. The molecule has 22 heavy (non-hydrogen) atoms. The van der Waals surface area contributed by atoms with Crippen molar-refractivity contribution >= 4 is 33.2 Å². The third-order valence-corrected chi connectivity index (χ3v) is 4.97. The Hall–Kier alpha value is -1.04. The van der Waals surface area contributed by atoms with Crippen molar-refractivity contribution in [3.05, 3.63) is 26.3 Å². The average Bonchev–Trinajstić information content (AvgIpc) is 2.87. The van der Waals surface area contributed by atoms with E-state index in [0.717, 1.165) is 54.7 Å². The molecule has 0 aliphatic carbocycles. The summed E-state index contributed by atoms with van der Waals surface area (Å²) >= 11 is 7.63. The normalized spacial score (nSPS) is 11.5. The number of hydrogen-bond donors (Lipinski definition) is 1. The molecule has 0 spiro atoms. The van der Waals surface area contributed by atoms with Gasteiger partial charge in [0.05, 0.1) is 11.8 Å². The Labute approximate surface area is 140 Å². The maximum absolute atomic E-state index is 11.7. The second kappa shape index (κ2) is 7.99. The highest BCUT2D eigenvalue weighted by Gasteiger charge is 2.16. The summed E-state index contributed by atoms with van der Waals surface area (Å²) in [7, 11) is 1.59. The molecule has 122 valence electrons. The minimum Gasteiger partial charge on any atom is -0.494 e. The third kappa shape index (κ3) is 3.83. The monoisotopic (exact) mass is 342 g/mol. The molecule has 1 heterocycles. The van der Waals surface area contributed by atoms with E-state index in [-0.39, 0.29) is 4.87 Å². The Morgan fingerprint density at radius 3 is 2.55 bits per heavy atom. The predicted octanol–water partition coefficient (Wildman–Crippen LogP) is 3.92. The molecule has 0 atom stereocenters. The molecule has 1 N–H and O–H groups in total. The van der Waals surface area contributed by atoms with Crippen LogP contribution < -0.4 is 9.61 Å². The fourth-order valence-corrected chi connectivity index (χ4v) is 4.00. The van der Waals surface area contributed by atoms with Crippen LogP contribution in [-0.2, 0) is 6.42 Å². The van der Waals surface area contributed by atoms with Gasteiger partial charge in [-0.3, -0.25) is 4.79 Å². The standard InChI is InChI=1S/C16H23ClN2O2S/c1-4-7-19(8-5-2)9-6-11-12(17)10-13(21-3)14-15(11)22-16(20)18-14/h10H,4-9H2,1-3H3,(H,18,20). The number of hydrogen-bond acceptors (Lipinski definition) is 4. The predicted molar refractivity (Wildman–Crippen MR) is 94.7 cm³/mol. The van der Waals surface area contributed by atoms with Gasteiger partial charge < -0.3 is 14.6 Å². The van der Waals surface area contributed by atoms with Crippen LogP contribution in [0.4, 0.5) is 0 Å². The number of fused-ring (bicyclic) bond motifs is 1. The molecule has 2 rings (SSSR count). The number of aromatic amines is 1. The minimum absolute atomic E-state index is 0.0733. The van der Waals surface area contributed by atoms with Crippen LogP contribution in [0.1, 0.15) is 32.3 Å². The number of thiazole rings is 1. The first kappa shape index (κ1) is 17.3. The summed E-state index contributed by atoms with van der Waals surface area (Å²) in [5.41, 5.74) is 1.80. The molecule has 0 bridgehead atoms. The van der Waals surface area contributed by atoms with E-state index in [9.17, 15) is 4.79 Å². The molecule has 4 nitrogen and oxygen atoms in total. The van der Waals surface area contributed by atoms with Crippen molar-refractivity contribution in [1.82, 2.24) is 9.88 Å². The number of nitrogens with one attached hydrogen (secondary N) is 1. The van der Waals surface area contributed by atoms with Crippen molar-refractivity contribution in [1.29, 1.82) is 0 Å². The molecule has 1 aromatic heterocycles. The molecule has 6 heteroatoms. The summed E-state index contributed by atoms with van der Waals surface area (Å²) < 4.78 is 6.24. The van der Waals surface area contributed by atoms with Crippen molar-refractivity contribution in [2.45, 2.75) is 33.1 Å². The molecule has 0 saturated carbocycles. The lowest BCUT2D eigenvalue weighted by atomic mass is 10.1. The molecule has 0 amide bonds. The van der Waals surface area contributed by atoms with Crippen LogP contribution >= 0.6 is 22.9 Å². The molecule has 0 radical (unpaired) electrons. The van der Waals surface area contributed by atoms with E-state index in [1.54, 1.807) is 13.2 Å². The average molecular weight is 343 g/mol. The molecular weight excluding hydrogens is 320 g/mol. The summed E-state index contributed by atoms with van der Waals surface area (Å²) in [5.74, 6) is 0.626. The number of nitrogens with zero attached hydrogens (tertiary/aromatic N) is 1. The number of halogens is 1. The number of methoxy groups -OCH3 is 1. The van der Waals surface area contributed by atoms with Gasteiger partial charge in [-0.15, -0.1) is 0 Å². The van der Waals surface area contributed by atoms with Gasteiger partial charge in [0.15, 0.2) is 0 Å². The lowest BCUT2D eigenvalue weighted by Gasteiger charge is -2.21. The van der Waals surface area contributed by atoms with Gasteiger partial charge >= 0.3 is 4.87 Å². The van der Waals surface area contributed by atoms with Crippen LogP contribution in [0.2, 0.25) is 5.02 Å². The van der Waals surface area contributed by atoms with Crippen molar-refractivity contribution in [3.63, 3.8) is 0 Å². The fourth-order valence-electron chi connectivity index (χ4n) is 2.73. The summed E-state index contributed by atoms with van der Waals surface area (Å²) in [6.07, 6.45) is 3.12. The van der Waals surface area contributed by atoms with E-state index in [1.807, 2.05) is 0 Å². The zero-order valence-electron chi connectivity index (χ0n) is 13.4. The van der Waals surface area contributed by atoms with Gasteiger partial charge in [-0.1, -0.05) is 36.8 Å². The van der Waals surface area contributed by atoms with Gasteiger partial charge in [0.1, 0.15) is 11.3 Å². The Kier molecular flexibility index (Phi) is 6.29. The van der Waals surface area contributed by atoms with E-state index >= 15 is 0 Å². The number of aromatic nitrogens is 1. The van der Waals surface area contributed by atoms with Crippen LogP contribution in [0.25, 0.3) is 10.2 Å². The van der Waals surface area contributed by atoms with Gasteiger partial charge in [0.2, 0.25) is 0 Å². The summed E-state index contributed by atoms with van der Waals surface area (Å²) in [6, 6.07) is 1.80. The van der Waals surface area contributed by atoms with Crippen LogP contribution in [0, 0.1) is 0 Å². The SMILES string of the molecule is CCCN(CCC)CCc1c(Cl)cc(OC)c2[nH]c(=O)sc12. The Balaban J connectivity index is 2.30. The van der Waals surface area contributed by atoms with Crippen molar-refractivity contribution < 1.29 is 4.74 Å². The van der Waals surface area contributed by atoms with E-state index < -0.39 is 0 Å². The molecular formula is C16H23ClN2O2S. The quantitative estimate of drug-likeness (QED) is 0.791. The lowest BCUT2D eigenvalue weighted by molar-refractivity contribution is 0.278. The van der Waals surface area contributed by atoms with Gasteiger partial charge in [-0.05, 0) is 37.9 Å². The molecule has 0 aliphatic heterocycles. The van der Waals surface area contributed by atoms with Gasteiger partial charge in [0.25, 0.3) is 0 Å². The maximum Gasteiger partial charge on any atom is 0.305 e. The Bertz CT molecular complexity index is 675. The number of ether oxygens (including phenoxy) is 1. The van der Waals surface area contributed by atoms with E-state index in [0.29, 0.717) is 10.8 Å². The first-order valence-corrected chi connectivity index (χ1v) is 8.90. The van der Waals surface area contributed by atoms with E-state index in [4.69, 9.17) is 16.3 Å².